The van der Waals surface area contributed by atoms with Crippen molar-refractivity contribution in [2.45, 2.75) is 43.9 Å². The first kappa shape index (κ1) is 26.7. The highest BCUT2D eigenvalue weighted by Gasteiger charge is 2.43. The predicted octanol–water partition coefficient (Wildman–Crippen LogP) is 3.17. The van der Waals surface area contributed by atoms with Gasteiger partial charge in [0, 0.05) is 48.6 Å². The molecule has 8 nitrogen and oxygen atoms in total. The Morgan fingerprint density at radius 2 is 1.89 bits per heavy atom. The molecule has 9 heteroatoms. The Balaban J connectivity index is 1.42. The molecule has 0 bridgehead atoms. The SMILES string of the molecule is O=C(NCCO)C1=CC(Oc2ccccc2I)C(O)C(N(CCc2cc3ccccc3[nH]2)C(=O)C2CC2)C1. The van der Waals surface area contributed by atoms with Crippen molar-refractivity contribution in [3.05, 3.63) is 75.5 Å². The Hall–Kier alpha value is -2.89. The van der Waals surface area contributed by atoms with Crippen molar-refractivity contribution in [2.24, 2.45) is 5.92 Å². The van der Waals surface area contributed by atoms with Crippen LogP contribution in [0.4, 0.5) is 0 Å². The third kappa shape index (κ3) is 6.05. The molecule has 2 aliphatic rings. The summed E-state index contributed by atoms with van der Waals surface area (Å²) in [6.07, 6.45) is 2.28. The monoisotopic (exact) mass is 629 g/mol. The zero-order valence-corrected chi connectivity index (χ0v) is 23.1. The maximum Gasteiger partial charge on any atom is 0.247 e. The number of para-hydroxylation sites is 2. The van der Waals surface area contributed by atoms with Gasteiger partial charge in [0.05, 0.1) is 16.2 Å². The lowest BCUT2D eigenvalue weighted by atomic mass is 9.87. The molecular weight excluding hydrogens is 597 g/mol. The molecule has 3 aromatic rings. The third-order valence-corrected chi connectivity index (χ3v) is 8.02. The molecule has 38 heavy (non-hydrogen) atoms. The van der Waals surface area contributed by atoms with Crippen molar-refractivity contribution in [3.63, 3.8) is 0 Å². The zero-order valence-electron chi connectivity index (χ0n) is 21.0. The fourth-order valence-electron chi connectivity index (χ4n) is 4.98. The molecule has 4 N–H and O–H groups in total. The number of ether oxygens (including phenoxy) is 1. The molecule has 0 saturated heterocycles. The standard InChI is InChI=1S/C29H32IN3O5/c30-22-6-2-4-8-25(22)38-26-17-20(28(36)31-12-14-34)16-24(27(26)35)33(29(37)18-9-10-18)13-11-21-15-19-5-1-3-7-23(19)32-21/h1-8,15,17-18,24,26-27,32,34-35H,9-14,16H2,(H,31,36). The second-order valence-electron chi connectivity index (χ2n) is 9.88. The number of aliphatic hydroxyl groups excluding tert-OH is 2. The van der Waals surface area contributed by atoms with Crippen molar-refractivity contribution < 1.29 is 24.5 Å². The van der Waals surface area contributed by atoms with Crippen LogP contribution in [-0.2, 0) is 16.0 Å². The van der Waals surface area contributed by atoms with E-state index >= 15 is 0 Å². The number of carbonyl (C=O) groups is 2. The number of rotatable bonds is 10. The van der Waals surface area contributed by atoms with E-state index in [9.17, 15) is 19.8 Å². The third-order valence-electron chi connectivity index (χ3n) is 7.13. The Morgan fingerprint density at radius 1 is 1.13 bits per heavy atom. The Labute approximate surface area is 235 Å². The molecule has 1 fully saturated rings. The van der Waals surface area contributed by atoms with Crippen LogP contribution in [0.1, 0.15) is 25.0 Å². The maximum atomic E-state index is 13.5. The molecule has 0 aliphatic heterocycles. The number of H-pyrrole nitrogens is 1. The zero-order chi connectivity index (χ0) is 26.6. The summed E-state index contributed by atoms with van der Waals surface area (Å²) in [5.41, 5.74) is 2.48. The summed E-state index contributed by atoms with van der Waals surface area (Å²) >= 11 is 2.17. The number of amides is 2. The first-order valence-electron chi connectivity index (χ1n) is 13.0. The smallest absolute Gasteiger partial charge is 0.247 e. The molecule has 2 aliphatic carbocycles. The fraction of sp³-hybridized carbons (Fsp3) is 0.379. The number of benzene rings is 2. The average molecular weight is 629 g/mol. The second kappa shape index (κ2) is 11.9. The van der Waals surface area contributed by atoms with Gasteiger partial charge in [-0.3, -0.25) is 9.59 Å². The van der Waals surface area contributed by atoms with E-state index in [4.69, 9.17) is 4.74 Å². The van der Waals surface area contributed by atoms with Gasteiger partial charge in [0.2, 0.25) is 11.8 Å². The molecule has 200 valence electrons. The van der Waals surface area contributed by atoms with Gasteiger partial charge in [-0.25, -0.2) is 0 Å². The number of aromatic amines is 1. The summed E-state index contributed by atoms with van der Waals surface area (Å²) in [5, 5.41) is 24.5. The van der Waals surface area contributed by atoms with E-state index < -0.39 is 18.2 Å². The van der Waals surface area contributed by atoms with E-state index in [1.54, 1.807) is 11.0 Å². The van der Waals surface area contributed by atoms with Gasteiger partial charge in [0.1, 0.15) is 18.0 Å². The highest BCUT2D eigenvalue weighted by atomic mass is 127. The number of fused-ring (bicyclic) bond motifs is 1. The van der Waals surface area contributed by atoms with E-state index in [2.05, 4.69) is 39.0 Å². The lowest BCUT2D eigenvalue weighted by Gasteiger charge is -2.40. The van der Waals surface area contributed by atoms with Crippen molar-refractivity contribution >= 4 is 45.3 Å². The summed E-state index contributed by atoms with van der Waals surface area (Å²) < 4.78 is 7.09. The Morgan fingerprint density at radius 3 is 2.63 bits per heavy atom. The van der Waals surface area contributed by atoms with E-state index in [1.165, 1.54) is 0 Å². The summed E-state index contributed by atoms with van der Waals surface area (Å²) in [5.74, 6) is 0.233. The second-order valence-corrected chi connectivity index (χ2v) is 11.0. The molecule has 1 aromatic heterocycles. The minimum atomic E-state index is -1.02. The van der Waals surface area contributed by atoms with Gasteiger partial charge in [-0.1, -0.05) is 30.3 Å². The number of carbonyl (C=O) groups excluding carboxylic acids is 2. The van der Waals surface area contributed by atoms with Gasteiger partial charge < -0.3 is 30.2 Å². The molecule has 0 radical (unpaired) electrons. The number of hydrogen-bond donors (Lipinski definition) is 4. The number of hydrogen-bond acceptors (Lipinski definition) is 5. The van der Waals surface area contributed by atoms with Crippen LogP contribution in [-0.4, -0.2) is 69.9 Å². The van der Waals surface area contributed by atoms with E-state index in [0.717, 1.165) is 33.0 Å². The maximum absolute atomic E-state index is 13.5. The predicted molar refractivity (Wildman–Crippen MR) is 153 cm³/mol. The number of nitrogens with one attached hydrogen (secondary N) is 2. The highest BCUT2D eigenvalue weighted by molar-refractivity contribution is 14.1. The van der Waals surface area contributed by atoms with Gasteiger partial charge in [-0.2, -0.15) is 0 Å². The lowest BCUT2D eigenvalue weighted by molar-refractivity contribution is -0.139. The van der Waals surface area contributed by atoms with Crippen LogP contribution >= 0.6 is 22.6 Å². The molecule has 3 atom stereocenters. The minimum absolute atomic E-state index is 0.00946. The van der Waals surface area contributed by atoms with E-state index in [0.29, 0.717) is 24.3 Å². The molecule has 1 saturated carbocycles. The quantitative estimate of drug-likeness (QED) is 0.258. The topological polar surface area (TPSA) is 115 Å². The molecule has 0 spiro atoms. The van der Waals surface area contributed by atoms with Crippen LogP contribution < -0.4 is 10.1 Å². The fourth-order valence-corrected chi connectivity index (χ4v) is 5.49. The van der Waals surface area contributed by atoms with Gasteiger partial charge in [0.25, 0.3) is 0 Å². The van der Waals surface area contributed by atoms with Crippen molar-refractivity contribution in [1.29, 1.82) is 0 Å². The minimum Gasteiger partial charge on any atom is -0.482 e. The number of halogens is 1. The van der Waals surface area contributed by atoms with E-state index in [1.807, 2.05) is 48.5 Å². The molecule has 2 amide bonds. The van der Waals surface area contributed by atoms with E-state index in [-0.39, 0.29) is 37.3 Å². The number of nitrogens with zero attached hydrogens (tertiary/aromatic N) is 1. The molecule has 5 rings (SSSR count). The van der Waals surface area contributed by atoms with Crippen molar-refractivity contribution in [1.82, 2.24) is 15.2 Å². The summed E-state index contributed by atoms with van der Waals surface area (Å²) in [4.78, 5) is 31.7. The van der Waals surface area contributed by atoms with Crippen LogP contribution in [0.25, 0.3) is 10.9 Å². The molecule has 2 aromatic carbocycles. The Kier molecular flexibility index (Phi) is 8.35. The number of aliphatic hydroxyl groups is 2. The van der Waals surface area contributed by atoms with Gasteiger partial charge in [-0.05, 0) is 71.2 Å². The molecular formula is C29H32IN3O5. The largest absolute Gasteiger partial charge is 0.482 e. The lowest BCUT2D eigenvalue weighted by Crippen LogP contribution is -2.56. The molecule has 1 heterocycles. The van der Waals surface area contributed by atoms with Crippen molar-refractivity contribution in [2.75, 3.05) is 19.7 Å². The van der Waals surface area contributed by atoms with Crippen LogP contribution in [0.2, 0.25) is 0 Å². The van der Waals surface area contributed by atoms with Crippen LogP contribution in [0.15, 0.2) is 66.2 Å². The number of aromatic nitrogens is 1. The average Bonchev–Trinajstić information content (AvgIpc) is 3.69. The van der Waals surface area contributed by atoms with Crippen molar-refractivity contribution in [3.8, 4) is 5.75 Å². The molecule has 3 unspecified atom stereocenters. The van der Waals surface area contributed by atoms with Gasteiger partial charge in [0.15, 0.2) is 0 Å². The van der Waals surface area contributed by atoms with Crippen LogP contribution in [0, 0.1) is 9.49 Å². The first-order chi connectivity index (χ1) is 18.4. The summed E-state index contributed by atoms with van der Waals surface area (Å²) in [6.45, 7) is 0.353. The van der Waals surface area contributed by atoms with Gasteiger partial charge >= 0.3 is 0 Å². The first-order valence-corrected chi connectivity index (χ1v) is 14.1. The van der Waals surface area contributed by atoms with Crippen LogP contribution in [0.5, 0.6) is 5.75 Å². The summed E-state index contributed by atoms with van der Waals surface area (Å²) in [7, 11) is 0. The summed E-state index contributed by atoms with van der Waals surface area (Å²) in [6, 6.07) is 17.0. The van der Waals surface area contributed by atoms with Gasteiger partial charge in [-0.15, -0.1) is 0 Å². The normalized spacial score (nSPS) is 21.1. The highest BCUT2D eigenvalue weighted by Crippen LogP contribution is 2.35. The Bertz CT molecular complexity index is 1300. The van der Waals surface area contributed by atoms with Crippen LogP contribution in [0.3, 0.4) is 0 Å².